The number of aromatic nitrogens is 3. The van der Waals surface area contributed by atoms with E-state index in [9.17, 15) is 4.79 Å². The molecule has 2 aromatic heterocycles. The standard InChI is InChI=1S/C21H16ClN5O2S/c1-12(21(28)29)23-10-14-11-24-20-18(25-14)19(27-30-20)26-16-9-5-8-15(17(16)22)13-6-3-2-4-7-13/h2-12H,1H3,(H,26,27)(H,28,29). The van der Waals surface area contributed by atoms with Gasteiger partial charge in [0, 0.05) is 11.8 Å². The van der Waals surface area contributed by atoms with Crippen LogP contribution in [0.1, 0.15) is 12.6 Å². The Balaban J connectivity index is 1.66. The van der Waals surface area contributed by atoms with Crippen LogP contribution in [0.5, 0.6) is 0 Å². The summed E-state index contributed by atoms with van der Waals surface area (Å²) < 4.78 is 4.41. The smallest absolute Gasteiger partial charge is 0.328 e. The van der Waals surface area contributed by atoms with Crippen LogP contribution >= 0.6 is 23.1 Å². The molecule has 1 atom stereocenters. The van der Waals surface area contributed by atoms with Crippen LogP contribution in [-0.2, 0) is 4.79 Å². The lowest BCUT2D eigenvalue weighted by Gasteiger charge is -2.11. The predicted molar refractivity (Wildman–Crippen MR) is 120 cm³/mol. The highest BCUT2D eigenvalue weighted by Gasteiger charge is 2.14. The Kier molecular flexibility index (Phi) is 5.69. The SMILES string of the molecule is CC(N=Cc1cnc2snc(Nc3cccc(-c4ccccc4)c3Cl)c2n1)C(=O)O. The van der Waals surface area contributed by atoms with Gasteiger partial charge in [0.05, 0.1) is 16.9 Å². The van der Waals surface area contributed by atoms with Gasteiger partial charge in [-0.25, -0.2) is 14.8 Å². The summed E-state index contributed by atoms with van der Waals surface area (Å²) in [5, 5.41) is 12.8. The molecule has 2 N–H and O–H groups in total. The molecular formula is C21H16ClN5O2S. The molecule has 0 saturated heterocycles. The molecule has 0 fully saturated rings. The van der Waals surface area contributed by atoms with Crippen LogP contribution in [0, 0.1) is 0 Å². The number of carboxylic acid groups (broad SMARTS) is 1. The quantitative estimate of drug-likeness (QED) is 0.410. The average Bonchev–Trinajstić information content (AvgIpc) is 3.16. The maximum atomic E-state index is 10.9. The Labute approximate surface area is 181 Å². The van der Waals surface area contributed by atoms with Gasteiger partial charge in [-0.15, -0.1) is 0 Å². The van der Waals surface area contributed by atoms with E-state index in [0.717, 1.165) is 11.1 Å². The Bertz CT molecular complexity index is 1240. The molecule has 0 radical (unpaired) electrons. The number of hydrogen-bond donors (Lipinski definition) is 2. The minimum atomic E-state index is -1.01. The predicted octanol–water partition coefficient (Wildman–Crippen LogP) is 5.04. The van der Waals surface area contributed by atoms with E-state index < -0.39 is 12.0 Å². The minimum absolute atomic E-state index is 0.447. The van der Waals surface area contributed by atoms with Crippen molar-refractivity contribution in [2.45, 2.75) is 13.0 Å². The fourth-order valence-electron chi connectivity index (χ4n) is 2.74. The summed E-state index contributed by atoms with van der Waals surface area (Å²) in [5.41, 5.74) is 3.63. The molecule has 7 nitrogen and oxygen atoms in total. The summed E-state index contributed by atoms with van der Waals surface area (Å²) in [4.78, 5) is 24.4. The number of aliphatic imine (C=N–C) groups is 1. The van der Waals surface area contributed by atoms with Crippen molar-refractivity contribution >= 4 is 57.2 Å². The van der Waals surface area contributed by atoms with Gasteiger partial charge in [0.15, 0.2) is 10.6 Å². The maximum Gasteiger partial charge on any atom is 0.328 e. The molecule has 4 aromatic rings. The van der Waals surface area contributed by atoms with Gasteiger partial charge in [0.25, 0.3) is 0 Å². The summed E-state index contributed by atoms with van der Waals surface area (Å²) in [5.74, 6) is -0.482. The van der Waals surface area contributed by atoms with E-state index in [1.165, 1.54) is 30.9 Å². The number of aliphatic carboxylic acids is 1. The number of fused-ring (bicyclic) bond motifs is 1. The molecule has 4 rings (SSSR count). The van der Waals surface area contributed by atoms with Gasteiger partial charge in [-0.3, -0.25) is 4.99 Å². The third-order valence-corrected chi connectivity index (χ3v) is 5.48. The first-order valence-electron chi connectivity index (χ1n) is 9.02. The second-order valence-electron chi connectivity index (χ2n) is 6.43. The van der Waals surface area contributed by atoms with Crippen LogP contribution in [0.3, 0.4) is 0 Å². The topological polar surface area (TPSA) is 100 Å². The fourth-order valence-corrected chi connectivity index (χ4v) is 3.66. The number of anilines is 2. The zero-order valence-electron chi connectivity index (χ0n) is 15.8. The van der Waals surface area contributed by atoms with Gasteiger partial charge in [-0.1, -0.05) is 54.1 Å². The zero-order chi connectivity index (χ0) is 21.1. The van der Waals surface area contributed by atoms with Gasteiger partial charge in [-0.2, -0.15) is 4.37 Å². The molecule has 0 aliphatic rings. The van der Waals surface area contributed by atoms with E-state index in [1.54, 1.807) is 0 Å². The van der Waals surface area contributed by atoms with Crippen LogP contribution in [0.25, 0.3) is 21.5 Å². The van der Waals surface area contributed by atoms with Gasteiger partial charge in [-0.05, 0) is 30.1 Å². The van der Waals surface area contributed by atoms with Crippen molar-refractivity contribution in [3.8, 4) is 11.1 Å². The second kappa shape index (κ2) is 8.56. The summed E-state index contributed by atoms with van der Waals surface area (Å²) in [7, 11) is 0. The molecule has 2 aromatic carbocycles. The van der Waals surface area contributed by atoms with Crippen molar-refractivity contribution in [1.29, 1.82) is 0 Å². The molecule has 2 heterocycles. The lowest BCUT2D eigenvalue weighted by molar-refractivity contribution is -0.137. The third kappa shape index (κ3) is 4.14. The largest absolute Gasteiger partial charge is 0.480 e. The number of rotatable bonds is 6. The molecule has 0 spiro atoms. The van der Waals surface area contributed by atoms with E-state index in [1.807, 2.05) is 48.5 Å². The first kappa shape index (κ1) is 19.9. The van der Waals surface area contributed by atoms with E-state index >= 15 is 0 Å². The number of nitrogens with zero attached hydrogens (tertiary/aromatic N) is 4. The molecule has 0 saturated carbocycles. The lowest BCUT2D eigenvalue weighted by atomic mass is 10.1. The highest BCUT2D eigenvalue weighted by molar-refractivity contribution is 7.13. The number of hydrogen-bond acceptors (Lipinski definition) is 7. The van der Waals surface area contributed by atoms with Crippen LogP contribution in [0.2, 0.25) is 5.02 Å². The Morgan fingerprint density at radius 1 is 1.23 bits per heavy atom. The summed E-state index contributed by atoms with van der Waals surface area (Å²) in [6.07, 6.45) is 2.93. The summed E-state index contributed by atoms with van der Waals surface area (Å²) in [6.45, 7) is 1.49. The Morgan fingerprint density at radius 3 is 2.80 bits per heavy atom. The van der Waals surface area contributed by atoms with Crippen molar-refractivity contribution in [3.05, 3.63) is 65.4 Å². The van der Waals surface area contributed by atoms with E-state index in [-0.39, 0.29) is 0 Å². The maximum absolute atomic E-state index is 10.9. The highest BCUT2D eigenvalue weighted by Crippen LogP contribution is 2.36. The molecular weight excluding hydrogens is 422 g/mol. The third-order valence-electron chi connectivity index (χ3n) is 4.33. The number of carbonyl (C=O) groups is 1. The Morgan fingerprint density at radius 2 is 2.03 bits per heavy atom. The normalized spacial score (nSPS) is 12.3. The van der Waals surface area contributed by atoms with Gasteiger partial charge in [0.2, 0.25) is 0 Å². The first-order valence-corrected chi connectivity index (χ1v) is 10.2. The number of carboxylic acids is 1. The number of halogens is 1. The van der Waals surface area contributed by atoms with E-state index in [0.29, 0.717) is 32.6 Å². The van der Waals surface area contributed by atoms with Crippen LogP contribution < -0.4 is 5.32 Å². The molecule has 0 aliphatic heterocycles. The molecule has 0 bridgehead atoms. The molecule has 0 amide bonds. The van der Waals surface area contributed by atoms with Crippen molar-refractivity contribution in [2.75, 3.05) is 5.32 Å². The van der Waals surface area contributed by atoms with Crippen molar-refractivity contribution in [3.63, 3.8) is 0 Å². The van der Waals surface area contributed by atoms with E-state index in [2.05, 4.69) is 24.7 Å². The summed E-state index contributed by atoms with van der Waals surface area (Å²) >= 11 is 7.87. The molecule has 0 aliphatic carbocycles. The first-order chi connectivity index (χ1) is 14.5. The molecule has 150 valence electrons. The molecule has 30 heavy (non-hydrogen) atoms. The van der Waals surface area contributed by atoms with E-state index in [4.69, 9.17) is 16.7 Å². The van der Waals surface area contributed by atoms with Crippen molar-refractivity contribution in [1.82, 2.24) is 14.3 Å². The van der Waals surface area contributed by atoms with Crippen molar-refractivity contribution in [2.24, 2.45) is 4.99 Å². The van der Waals surface area contributed by atoms with Crippen molar-refractivity contribution < 1.29 is 9.90 Å². The summed E-state index contributed by atoms with van der Waals surface area (Å²) in [6, 6.07) is 14.8. The van der Waals surface area contributed by atoms with Gasteiger partial charge < -0.3 is 10.4 Å². The fraction of sp³-hybridized carbons (Fsp3) is 0.0952. The van der Waals surface area contributed by atoms with Crippen LogP contribution in [-0.4, -0.2) is 37.7 Å². The number of nitrogens with one attached hydrogen (secondary N) is 1. The second-order valence-corrected chi connectivity index (χ2v) is 7.56. The minimum Gasteiger partial charge on any atom is -0.480 e. The highest BCUT2D eigenvalue weighted by atomic mass is 35.5. The van der Waals surface area contributed by atoms with Gasteiger partial charge >= 0.3 is 5.97 Å². The average molecular weight is 438 g/mol. The lowest BCUT2D eigenvalue weighted by Crippen LogP contribution is -2.13. The zero-order valence-corrected chi connectivity index (χ0v) is 17.4. The Hall–Kier alpha value is -3.36. The van der Waals surface area contributed by atoms with Crippen LogP contribution in [0.15, 0.2) is 59.7 Å². The number of benzene rings is 2. The van der Waals surface area contributed by atoms with Gasteiger partial charge in [0.1, 0.15) is 17.3 Å². The monoisotopic (exact) mass is 437 g/mol. The molecule has 9 heteroatoms. The molecule has 1 unspecified atom stereocenters. The van der Waals surface area contributed by atoms with Crippen LogP contribution in [0.4, 0.5) is 11.5 Å².